The van der Waals surface area contributed by atoms with E-state index in [1.807, 2.05) is 79.0 Å². The molecule has 0 spiro atoms. The Bertz CT molecular complexity index is 1140. The number of carbonyl (C=O) groups is 1. The summed E-state index contributed by atoms with van der Waals surface area (Å²) in [4.78, 5) is 12.3. The van der Waals surface area contributed by atoms with E-state index in [0.29, 0.717) is 5.56 Å². The van der Waals surface area contributed by atoms with Gasteiger partial charge in [-0.3, -0.25) is 4.79 Å². The Morgan fingerprint density at radius 2 is 1.59 bits per heavy atom. The SMILES string of the molecule is O=C(N/N=C/c1cn(-c2ccccc2)nc1-c1ccccc1)c1ccc(Br)cc1. The Morgan fingerprint density at radius 1 is 0.931 bits per heavy atom. The molecule has 0 aliphatic carbocycles. The fourth-order valence-corrected chi connectivity index (χ4v) is 3.11. The number of amides is 1. The van der Waals surface area contributed by atoms with E-state index in [1.165, 1.54) is 0 Å². The normalized spacial score (nSPS) is 10.9. The highest BCUT2D eigenvalue weighted by Crippen LogP contribution is 2.22. The summed E-state index contributed by atoms with van der Waals surface area (Å²) in [7, 11) is 0. The van der Waals surface area contributed by atoms with Crippen molar-refractivity contribution in [3.8, 4) is 16.9 Å². The Morgan fingerprint density at radius 3 is 2.28 bits per heavy atom. The summed E-state index contributed by atoms with van der Waals surface area (Å²) in [5.74, 6) is -0.273. The first-order chi connectivity index (χ1) is 14.2. The van der Waals surface area contributed by atoms with Crippen LogP contribution in [0.3, 0.4) is 0 Å². The second-order valence-corrected chi connectivity index (χ2v) is 7.20. The van der Waals surface area contributed by atoms with Gasteiger partial charge in [0, 0.05) is 27.4 Å². The maximum absolute atomic E-state index is 12.3. The second kappa shape index (κ2) is 8.67. The van der Waals surface area contributed by atoms with Crippen molar-refractivity contribution in [1.82, 2.24) is 15.2 Å². The Hall–Kier alpha value is -3.51. The van der Waals surface area contributed by atoms with Gasteiger partial charge in [0.25, 0.3) is 5.91 Å². The number of nitrogens with one attached hydrogen (secondary N) is 1. The standard InChI is InChI=1S/C23H17BrN4O/c24-20-13-11-18(12-14-20)23(29)26-25-15-19-16-28(21-9-5-2-6-10-21)27-22(19)17-7-3-1-4-8-17/h1-16H,(H,26,29)/b25-15+. The molecule has 0 unspecified atom stereocenters. The average Bonchev–Trinajstić information content (AvgIpc) is 3.19. The van der Waals surface area contributed by atoms with Crippen LogP contribution >= 0.6 is 15.9 Å². The summed E-state index contributed by atoms with van der Waals surface area (Å²) in [5.41, 5.74) is 6.62. The van der Waals surface area contributed by atoms with Crippen LogP contribution in [0.2, 0.25) is 0 Å². The molecular formula is C23H17BrN4O. The van der Waals surface area contributed by atoms with Gasteiger partial charge in [-0.05, 0) is 36.4 Å². The summed E-state index contributed by atoms with van der Waals surface area (Å²) in [5, 5.41) is 8.87. The first kappa shape index (κ1) is 18.8. The molecule has 5 nitrogen and oxygen atoms in total. The monoisotopic (exact) mass is 444 g/mol. The summed E-state index contributed by atoms with van der Waals surface area (Å²) in [6, 6.07) is 26.8. The number of hydrogen-bond donors (Lipinski definition) is 1. The second-order valence-electron chi connectivity index (χ2n) is 6.29. The van der Waals surface area contributed by atoms with E-state index in [1.54, 1.807) is 23.0 Å². The van der Waals surface area contributed by atoms with Gasteiger partial charge in [-0.2, -0.15) is 10.2 Å². The highest BCUT2D eigenvalue weighted by molar-refractivity contribution is 9.10. The van der Waals surface area contributed by atoms with Crippen LogP contribution in [-0.2, 0) is 0 Å². The molecule has 0 saturated carbocycles. The molecule has 0 fully saturated rings. The van der Waals surface area contributed by atoms with Crippen LogP contribution in [0.15, 0.2) is 101 Å². The van der Waals surface area contributed by atoms with Crippen LogP contribution < -0.4 is 5.43 Å². The third-order valence-corrected chi connectivity index (χ3v) is 4.82. The van der Waals surface area contributed by atoms with Crippen molar-refractivity contribution < 1.29 is 4.79 Å². The maximum Gasteiger partial charge on any atom is 0.271 e. The van der Waals surface area contributed by atoms with Crippen molar-refractivity contribution in [2.24, 2.45) is 5.10 Å². The van der Waals surface area contributed by atoms with Crippen molar-refractivity contribution in [2.45, 2.75) is 0 Å². The first-order valence-electron chi connectivity index (χ1n) is 9.00. The number of benzene rings is 3. The van der Waals surface area contributed by atoms with Crippen molar-refractivity contribution in [1.29, 1.82) is 0 Å². The molecule has 1 N–H and O–H groups in total. The number of halogens is 1. The van der Waals surface area contributed by atoms with E-state index < -0.39 is 0 Å². The molecule has 6 heteroatoms. The minimum atomic E-state index is -0.273. The minimum absolute atomic E-state index is 0.273. The van der Waals surface area contributed by atoms with Crippen LogP contribution in [0.25, 0.3) is 16.9 Å². The Labute approximate surface area is 176 Å². The predicted molar refractivity (Wildman–Crippen MR) is 118 cm³/mol. The fraction of sp³-hybridized carbons (Fsp3) is 0. The van der Waals surface area contributed by atoms with E-state index in [2.05, 4.69) is 26.5 Å². The number of aromatic nitrogens is 2. The molecule has 0 atom stereocenters. The van der Waals surface area contributed by atoms with E-state index in [-0.39, 0.29) is 5.91 Å². The van der Waals surface area contributed by atoms with Crippen molar-refractivity contribution in [2.75, 3.05) is 0 Å². The highest BCUT2D eigenvalue weighted by Gasteiger charge is 2.11. The lowest BCUT2D eigenvalue weighted by atomic mass is 10.1. The van der Waals surface area contributed by atoms with Crippen LogP contribution in [-0.4, -0.2) is 21.9 Å². The summed E-state index contributed by atoms with van der Waals surface area (Å²) < 4.78 is 2.72. The smallest absolute Gasteiger partial charge is 0.267 e. The third-order valence-electron chi connectivity index (χ3n) is 4.29. The first-order valence-corrected chi connectivity index (χ1v) is 9.79. The highest BCUT2D eigenvalue weighted by atomic mass is 79.9. The molecule has 0 aliphatic heterocycles. The van der Waals surface area contributed by atoms with Gasteiger partial charge in [0.1, 0.15) is 5.69 Å². The molecule has 3 aromatic carbocycles. The number of hydrazone groups is 1. The van der Waals surface area contributed by atoms with Gasteiger partial charge in [0.05, 0.1) is 11.9 Å². The zero-order valence-corrected chi connectivity index (χ0v) is 17.0. The third kappa shape index (κ3) is 4.50. The van der Waals surface area contributed by atoms with Crippen molar-refractivity contribution >= 4 is 28.1 Å². The van der Waals surface area contributed by atoms with E-state index in [9.17, 15) is 4.79 Å². The molecule has 0 radical (unpaired) electrons. The van der Waals surface area contributed by atoms with E-state index in [4.69, 9.17) is 5.10 Å². The van der Waals surface area contributed by atoms with Crippen LogP contribution in [0.4, 0.5) is 0 Å². The summed E-state index contributed by atoms with van der Waals surface area (Å²) in [6.45, 7) is 0. The Kier molecular flexibility index (Phi) is 5.63. The average molecular weight is 445 g/mol. The van der Waals surface area contributed by atoms with Gasteiger partial charge in [-0.15, -0.1) is 0 Å². The molecule has 1 heterocycles. The predicted octanol–water partition coefficient (Wildman–Crippen LogP) is 5.07. The molecule has 0 bridgehead atoms. The molecule has 142 valence electrons. The van der Waals surface area contributed by atoms with E-state index >= 15 is 0 Å². The fourth-order valence-electron chi connectivity index (χ4n) is 2.84. The van der Waals surface area contributed by atoms with Crippen LogP contribution in [0, 0.1) is 0 Å². The van der Waals surface area contributed by atoms with Gasteiger partial charge < -0.3 is 0 Å². The van der Waals surface area contributed by atoms with Crippen LogP contribution in [0.1, 0.15) is 15.9 Å². The lowest BCUT2D eigenvalue weighted by molar-refractivity contribution is 0.0955. The lowest BCUT2D eigenvalue weighted by Gasteiger charge is -2.00. The molecule has 0 aliphatic rings. The number of hydrogen-bond acceptors (Lipinski definition) is 3. The van der Waals surface area contributed by atoms with Gasteiger partial charge in [0.15, 0.2) is 0 Å². The molecule has 29 heavy (non-hydrogen) atoms. The molecule has 4 aromatic rings. The number of rotatable bonds is 5. The van der Waals surface area contributed by atoms with Gasteiger partial charge in [-0.1, -0.05) is 64.5 Å². The number of nitrogens with zero attached hydrogens (tertiary/aromatic N) is 3. The minimum Gasteiger partial charge on any atom is -0.267 e. The molecule has 1 aromatic heterocycles. The van der Waals surface area contributed by atoms with Gasteiger partial charge >= 0.3 is 0 Å². The largest absolute Gasteiger partial charge is 0.271 e. The van der Waals surface area contributed by atoms with Crippen molar-refractivity contribution in [3.05, 3.63) is 107 Å². The lowest BCUT2D eigenvalue weighted by Crippen LogP contribution is -2.17. The number of para-hydroxylation sites is 1. The molecule has 0 saturated heterocycles. The summed E-state index contributed by atoms with van der Waals surface area (Å²) >= 11 is 3.36. The maximum atomic E-state index is 12.3. The van der Waals surface area contributed by atoms with E-state index in [0.717, 1.165) is 27.0 Å². The van der Waals surface area contributed by atoms with Crippen molar-refractivity contribution in [3.63, 3.8) is 0 Å². The molecule has 4 rings (SSSR count). The topological polar surface area (TPSA) is 59.3 Å². The Balaban J connectivity index is 1.61. The quantitative estimate of drug-likeness (QED) is 0.345. The van der Waals surface area contributed by atoms with Gasteiger partial charge in [-0.25, -0.2) is 10.1 Å². The zero-order valence-electron chi connectivity index (χ0n) is 15.4. The summed E-state index contributed by atoms with van der Waals surface area (Å²) in [6.07, 6.45) is 3.51. The molecule has 1 amide bonds. The van der Waals surface area contributed by atoms with Crippen LogP contribution in [0.5, 0.6) is 0 Å². The van der Waals surface area contributed by atoms with Gasteiger partial charge in [0.2, 0.25) is 0 Å². The number of carbonyl (C=O) groups excluding carboxylic acids is 1. The molecular weight excluding hydrogens is 428 g/mol. The zero-order chi connectivity index (χ0) is 20.1.